The summed E-state index contributed by atoms with van der Waals surface area (Å²) in [7, 11) is 0. The van der Waals surface area contributed by atoms with Crippen LogP contribution in [-0.2, 0) is 17.4 Å². The third-order valence-electron chi connectivity index (χ3n) is 1.71. The molecule has 0 amide bonds. The molecular formula is C11H14F3NO2. The van der Waals surface area contributed by atoms with E-state index in [1.807, 2.05) is 0 Å². The summed E-state index contributed by atoms with van der Waals surface area (Å²) < 4.78 is 36.2. The van der Waals surface area contributed by atoms with Crippen LogP contribution in [0.5, 0.6) is 0 Å². The number of aliphatic carboxylic acids is 1. The fourth-order valence-corrected chi connectivity index (χ4v) is 1.03. The van der Waals surface area contributed by atoms with Gasteiger partial charge < -0.3 is 10.8 Å². The first-order valence-corrected chi connectivity index (χ1v) is 4.83. The topological polar surface area (TPSA) is 63.3 Å². The van der Waals surface area contributed by atoms with Gasteiger partial charge in [0, 0.05) is 6.92 Å². The zero-order chi connectivity index (χ0) is 13.5. The Morgan fingerprint density at radius 2 is 1.71 bits per heavy atom. The number of halogens is 3. The van der Waals surface area contributed by atoms with E-state index in [4.69, 9.17) is 15.6 Å². The second-order valence-corrected chi connectivity index (χ2v) is 3.25. The molecule has 0 aliphatic carbocycles. The van der Waals surface area contributed by atoms with Gasteiger partial charge in [-0.25, -0.2) is 0 Å². The molecular weight excluding hydrogens is 235 g/mol. The van der Waals surface area contributed by atoms with E-state index in [1.165, 1.54) is 12.1 Å². The molecule has 1 aromatic rings. The number of nitrogens with two attached hydrogens (primary N) is 1. The second-order valence-electron chi connectivity index (χ2n) is 3.25. The van der Waals surface area contributed by atoms with E-state index in [9.17, 15) is 13.2 Å². The van der Waals surface area contributed by atoms with E-state index in [0.29, 0.717) is 13.0 Å². The maximum Gasteiger partial charge on any atom is 0.416 e. The van der Waals surface area contributed by atoms with Crippen molar-refractivity contribution in [2.75, 3.05) is 6.54 Å². The molecule has 3 N–H and O–H groups in total. The molecule has 0 saturated heterocycles. The molecule has 0 unspecified atom stereocenters. The Morgan fingerprint density at radius 1 is 1.29 bits per heavy atom. The van der Waals surface area contributed by atoms with Crippen LogP contribution in [0.25, 0.3) is 0 Å². The number of carboxylic acids is 1. The molecule has 96 valence electrons. The van der Waals surface area contributed by atoms with Crippen LogP contribution in [0.1, 0.15) is 18.1 Å². The molecule has 17 heavy (non-hydrogen) atoms. The SMILES string of the molecule is CC(=O)O.NCCc1ccc(C(F)(F)F)cc1. The van der Waals surface area contributed by atoms with Crippen molar-refractivity contribution in [2.24, 2.45) is 5.73 Å². The van der Waals surface area contributed by atoms with E-state index in [-0.39, 0.29) is 0 Å². The monoisotopic (exact) mass is 249 g/mol. The van der Waals surface area contributed by atoms with Crippen LogP contribution < -0.4 is 5.73 Å². The number of rotatable bonds is 2. The summed E-state index contributed by atoms with van der Waals surface area (Å²) in [5, 5.41) is 7.42. The molecule has 0 atom stereocenters. The first-order chi connectivity index (χ1) is 7.77. The fraction of sp³-hybridized carbons (Fsp3) is 0.364. The molecule has 0 heterocycles. The molecule has 1 rings (SSSR count). The minimum atomic E-state index is -4.25. The number of carboxylic acid groups (broad SMARTS) is 1. The van der Waals surface area contributed by atoms with Crippen molar-refractivity contribution in [1.82, 2.24) is 0 Å². The lowest BCUT2D eigenvalue weighted by Gasteiger charge is -2.06. The van der Waals surface area contributed by atoms with Gasteiger partial charge in [-0.3, -0.25) is 4.79 Å². The van der Waals surface area contributed by atoms with Crippen molar-refractivity contribution >= 4 is 5.97 Å². The summed E-state index contributed by atoms with van der Waals surface area (Å²) in [4.78, 5) is 9.00. The normalized spacial score (nSPS) is 10.4. The number of carbonyl (C=O) groups is 1. The van der Waals surface area contributed by atoms with Crippen molar-refractivity contribution in [3.05, 3.63) is 35.4 Å². The molecule has 0 bridgehead atoms. The Kier molecular flexibility index (Phi) is 6.27. The molecule has 0 radical (unpaired) electrons. The number of benzene rings is 1. The average molecular weight is 249 g/mol. The molecule has 0 aliphatic rings. The summed E-state index contributed by atoms with van der Waals surface area (Å²) in [5.41, 5.74) is 5.47. The largest absolute Gasteiger partial charge is 0.481 e. The Morgan fingerprint density at radius 3 is 2.00 bits per heavy atom. The highest BCUT2D eigenvalue weighted by Gasteiger charge is 2.29. The van der Waals surface area contributed by atoms with Gasteiger partial charge in [-0.05, 0) is 30.7 Å². The quantitative estimate of drug-likeness (QED) is 0.845. The van der Waals surface area contributed by atoms with Crippen LogP contribution in [0.4, 0.5) is 13.2 Å². The van der Waals surface area contributed by atoms with Crippen LogP contribution in [0.15, 0.2) is 24.3 Å². The van der Waals surface area contributed by atoms with Crippen LogP contribution >= 0.6 is 0 Å². The number of hydrogen-bond donors (Lipinski definition) is 2. The Hall–Kier alpha value is -1.56. The van der Waals surface area contributed by atoms with Crippen molar-refractivity contribution in [3.63, 3.8) is 0 Å². The van der Waals surface area contributed by atoms with E-state index in [0.717, 1.165) is 24.6 Å². The highest BCUT2D eigenvalue weighted by Crippen LogP contribution is 2.28. The minimum absolute atomic E-state index is 0.450. The summed E-state index contributed by atoms with van der Waals surface area (Å²) in [6, 6.07) is 5.06. The first-order valence-electron chi connectivity index (χ1n) is 4.83. The van der Waals surface area contributed by atoms with Crippen LogP contribution in [0.3, 0.4) is 0 Å². The van der Waals surface area contributed by atoms with Crippen molar-refractivity contribution in [2.45, 2.75) is 19.5 Å². The fourth-order valence-electron chi connectivity index (χ4n) is 1.03. The zero-order valence-electron chi connectivity index (χ0n) is 9.29. The predicted molar refractivity (Wildman–Crippen MR) is 57.5 cm³/mol. The van der Waals surface area contributed by atoms with Gasteiger partial charge in [-0.1, -0.05) is 12.1 Å². The third kappa shape index (κ3) is 7.35. The molecule has 0 aromatic heterocycles. The van der Waals surface area contributed by atoms with Crippen molar-refractivity contribution in [1.29, 1.82) is 0 Å². The smallest absolute Gasteiger partial charge is 0.416 e. The maximum atomic E-state index is 12.1. The Bertz CT molecular complexity index is 343. The predicted octanol–water partition coefficient (Wildman–Crippen LogP) is 2.30. The molecule has 0 fully saturated rings. The summed E-state index contributed by atoms with van der Waals surface area (Å²) in [6.07, 6.45) is -3.64. The Labute approximate surface area is 97.1 Å². The summed E-state index contributed by atoms with van der Waals surface area (Å²) in [6.45, 7) is 1.53. The lowest BCUT2D eigenvalue weighted by molar-refractivity contribution is -0.137. The van der Waals surface area contributed by atoms with Gasteiger partial charge in [0.05, 0.1) is 5.56 Å². The highest BCUT2D eigenvalue weighted by molar-refractivity contribution is 5.62. The molecule has 0 spiro atoms. The van der Waals surface area contributed by atoms with E-state index >= 15 is 0 Å². The van der Waals surface area contributed by atoms with Crippen molar-refractivity contribution < 1.29 is 23.1 Å². The Balaban J connectivity index is 0.000000557. The summed E-state index contributed by atoms with van der Waals surface area (Å²) >= 11 is 0. The minimum Gasteiger partial charge on any atom is -0.481 e. The first kappa shape index (κ1) is 15.4. The highest BCUT2D eigenvalue weighted by atomic mass is 19.4. The van der Waals surface area contributed by atoms with Crippen molar-refractivity contribution in [3.8, 4) is 0 Å². The average Bonchev–Trinajstić information content (AvgIpc) is 2.16. The number of hydrogen-bond acceptors (Lipinski definition) is 2. The van der Waals surface area contributed by atoms with Gasteiger partial charge in [-0.2, -0.15) is 13.2 Å². The lowest BCUT2D eigenvalue weighted by Crippen LogP contribution is -2.06. The van der Waals surface area contributed by atoms with Gasteiger partial charge in [0.25, 0.3) is 5.97 Å². The van der Waals surface area contributed by atoms with E-state index in [2.05, 4.69) is 0 Å². The van der Waals surface area contributed by atoms with Gasteiger partial charge in [0.1, 0.15) is 0 Å². The second kappa shape index (κ2) is 6.90. The molecule has 0 saturated carbocycles. The van der Waals surface area contributed by atoms with Gasteiger partial charge in [-0.15, -0.1) is 0 Å². The van der Waals surface area contributed by atoms with Gasteiger partial charge >= 0.3 is 6.18 Å². The third-order valence-corrected chi connectivity index (χ3v) is 1.71. The van der Waals surface area contributed by atoms with Crippen LogP contribution in [-0.4, -0.2) is 17.6 Å². The molecule has 6 heteroatoms. The standard InChI is InChI=1S/C9H10F3N.C2H4O2/c10-9(11,12)8-3-1-7(2-4-8)5-6-13;1-2(3)4/h1-4H,5-6,13H2;1H3,(H,3,4). The number of alkyl halides is 3. The van der Waals surface area contributed by atoms with Crippen LogP contribution in [0, 0.1) is 0 Å². The van der Waals surface area contributed by atoms with E-state index in [1.54, 1.807) is 0 Å². The lowest BCUT2D eigenvalue weighted by atomic mass is 10.1. The maximum absolute atomic E-state index is 12.1. The zero-order valence-corrected chi connectivity index (χ0v) is 9.29. The van der Waals surface area contributed by atoms with Gasteiger partial charge in [0.2, 0.25) is 0 Å². The molecule has 3 nitrogen and oxygen atoms in total. The van der Waals surface area contributed by atoms with Gasteiger partial charge in [0.15, 0.2) is 0 Å². The molecule has 1 aromatic carbocycles. The van der Waals surface area contributed by atoms with Crippen LogP contribution in [0.2, 0.25) is 0 Å². The molecule has 0 aliphatic heterocycles. The summed E-state index contributed by atoms with van der Waals surface area (Å²) in [5.74, 6) is -0.833. The van der Waals surface area contributed by atoms with E-state index < -0.39 is 17.7 Å².